The van der Waals surface area contributed by atoms with E-state index in [4.69, 9.17) is 4.74 Å². The fourth-order valence-corrected chi connectivity index (χ4v) is 2.48. The Hall–Kier alpha value is -3.14. The van der Waals surface area contributed by atoms with E-state index in [0.29, 0.717) is 12.1 Å². The average molecular weight is 318 g/mol. The third kappa shape index (κ3) is 3.60. The standard InChI is InChI=1S/C20H18N2O2/c1-24-19-10-6-5-9-16(19)14-22-20(23)18-11-17(12-21-13-18)15-7-3-2-4-8-15/h2-13H,14H2,1H3,(H,22,23). The van der Waals surface area contributed by atoms with E-state index in [1.165, 1.54) is 0 Å². The Labute approximate surface area is 141 Å². The van der Waals surface area contributed by atoms with Gasteiger partial charge in [-0.3, -0.25) is 9.78 Å². The van der Waals surface area contributed by atoms with Crippen molar-refractivity contribution < 1.29 is 9.53 Å². The molecule has 3 rings (SSSR count). The first kappa shape index (κ1) is 15.7. The molecule has 0 aliphatic heterocycles. The minimum absolute atomic E-state index is 0.161. The number of carbonyl (C=O) groups is 1. The summed E-state index contributed by atoms with van der Waals surface area (Å²) < 4.78 is 5.30. The quantitative estimate of drug-likeness (QED) is 0.780. The van der Waals surface area contributed by atoms with Crippen molar-refractivity contribution in [2.75, 3.05) is 7.11 Å². The first-order chi connectivity index (χ1) is 11.8. The van der Waals surface area contributed by atoms with Crippen LogP contribution in [-0.4, -0.2) is 18.0 Å². The third-order valence-corrected chi connectivity index (χ3v) is 3.74. The minimum Gasteiger partial charge on any atom is -0.496 e. The molecule has 0 aliphatic rings. The fourth-order valence-electron chi connectivity index (χ4n) is 2.48. The Kier molecular flexibility index (Phi) is 4.87. The largest absolute Gasteiger partial charge is 0.496 e. The molecule has 0 unspecified atom stereocenters. The van der Waals surface area contributed by atoms with Gasteiger partial charge in [0.25, 0.3) is 5.91 Å². The van der Waals surface area contributed by atoms with Gasteiger partial charge in [-0.05, 0) is 17.7 Å². The van der Waals surface area contributed by atoms with Gasteiger partial charge >= 0.3 is 0 Å². The van der Waals surface area contributed by atoms with Gasteiger partial charge in [0.05, 0.1) is 12.7 Å². The van der Waals surface area contributed by atoms with Crippen molar-refractivity contribution in [2.45, 2.75) is 6.54 Å². The number of aromatic nitrogens is 1. The van der Waals surface area contributed by atoms with Crippen molar-refractivity contribution in [3.05, 3.63) is 84.2 Å². The molecule has 4 nitrogen and oxygen atoms in total. The Morgan fingerprint density at radius 1 is 1.00 bits per heavy atom. The molecule has 0 radical (unpaired) electrons. The Morgan fingerprint density at radius 2 is 1.75 bits per heavy atom. The summed E-state index contributed by atoms with van der Waals surface area (Å²) in [5, 5.41) is 2.91. The number of nitrogens with one attached hydrogen (secondary N) is 1. The zero-order chi connectivity index (χ0) is 16.8. The molecule has 4 heteroatoms. The lowest BCUT2D eigenvalue weighted by atomic mass is 10.1. The van der Waals surface area contributed by atoms with E-state index in [1.54, 1.807) is 19.5 Å². The molecule has 0 atom stereocenters. The van der Waals surface area contributed by atoms with Crippen LogP contribution in [-0.2, 0) is 6.54 Å². The van der Waals surface area contributed by atoms with Gasteiger partial charge in [0, 0.05) is 30.1 Å². The van der Waals surface area contributed by atoms with Crippen LogP contribution >= 0.6 is 0 Å². The van der Waals surface area contributed by atoms with Crippen molar-refractivity contribution >= 4 is 5.91 Å². The van der Waals surface area contributed by atoms with Gasteiger partial charge < -0.3 is 10.1 Å². The van der Waals surface area contributed by atoms with E-state index in [-0.39, 0.29) is 5.91 Å². The van der Waals surface area contributed by atoms with E-state index < -0.39 is 0 Å². The maximum Gasteiger partial charge on any atom is 0.253 e. The predicted molar refractivity (Wildman–Crippen MR) is 93.8 cm³/mol. The van der Waals surface area contributed by atoms with E-state index >= 15 is 0 Å². The highest BCUT2D eigenvalue weighted by atomic mass is 16.5. The summed E-state index contributed by atoms with van der Waals surface area (Å²) in [6, 6.07) is 19.3. The average Bonchev–Trinajstić information content (AvgIpc) is 2.67. The second kappa shape index (κ2) is 7.42. The van der Waals surface area contributed by atoms with E-state index in [1.807, 2.05) is 60.7 Å². The summed E-state index contributed by atoms with van der Waals surface area (Å²) in [6.07, 6.45) is 3.33. The molecular weight excluding hydrogens is 300 g/mol. The van der Waals surface area contributed by atoms with Crippen LogP contribution in [0.2, 0.25) is 0 Å². The van der Waals surface area contributed by atoms with Gasteiger partial charge in [-0.25, -0.2) is 0 Å². The van der Waals surface area contributed by atoms with Crippen molar-refractivity contribution in [3.63, 3.8) is 0 Å². The smallest absolute Gasteiger partial charge is 0.253 e. The van der Waals surface area contributed by atoms with Crippen LogP contribution in [0.3, 0.4) is 0 Å². The molecule has 120 valence electrons. The molecule has 0 fully saturated rings. The number of para-hydroxylation sites is 1. The summed E-state index contributed by atoms with van der Waals surface area (Å²) in [6.45, 7) is 0.401. The summed E-state index contributed by atoms with van der Waals surface area (Å²) in [5.74, 6) is 0.597. The Morgan fingerprint density at radius 3 is 2.54 bits per heavy atom. The number of carbonyl (C=O) groups excluding carboxylic acids is 1. The first-order valence-corrected chi connectivity index (χ1v) is 7.68. The number of hydrogen-bond acceptors (Lipinski definition) is 3. The van der Waals surface area contributed by atoms with E-state index in [2.05, 4.69) is 10.3 Å². The molecular formula is C20H18N2O2. The molecule has 1 aromatic heterocycles. The van der Waals surface area contributed by atoms with Gasteiger partial charge in [-0.2, -0.15) is 0 Å². The number of pyridine rings is 1. The Balaban J connectivity index is 1.74. The third-order valence-electron chi connectivity index (χ3n) is 3.74. The summed E-state index contributed by atoms with van der Waals surface area (Å²) in [7, 11) is 1.62. The van der Waals surface area contributed by atoms with Crippen LogP contribution in [0.5, 0.6) is 5.75 Å². The van der Waals surface area contributed by atoms with Gasteiger partial charge in [0.15, 0.2) is 0 Å². The summed E-state index contributed by atoms with van der Waals surface area (Å²) >= 11 is 0. The highest BCUT2D eigenvalue weighted by Crippen LogP contribution is 2.19. The van der Waals surface area contributed by atoms with Crippen LogP contribution in [0.25, 0.3) is 11.1 Å². The zero-order valence-electron chi connectivity index (χ0n) is 13.4. The number of methoxy groups -OCH3 is 1. The van der Waals surface area contributed by atoms with Crippen LogP contribution < -0.4 is 10.1 Å². The monoisotopic (exact) mass is 318 g/mol. The topological polar surface area (TPSA) is 51.2 Å². The van der Waals surface area contributed by atoms with Crippen molar-refractivity contribution in [1.29, 1.82) is 0 Å². The van der Waals surface area contributed by atoms with Crippen LogP contribution in [0.15, 0.2) is 73.1 Å². The normalized spacial score (nSPS) is 10.2. The van der Waals surface area contributed by atoms with Gasteiger partial charge in [-0.15, -0.1) is 0 Å². The molecule has 0 bridgehead atoms. The number of hydrogen-bond donors (Lipinski definition) is 1. The number of rotatable bonds is 5. The van der Waals surface area contributed by atoms with Crippen LogP contribution in [0.1, 0.15) is 15.9 Å². The second-order valence-electron chi connectivity index (χ2n) is 5.32. The minimum atomic E-state index is -0.161. The predicted octanol–water partition coefficient (Wildman–Crippen LogP) is 3.69. The molecule has 2 aromatic carbocycles. The lowest BCUT2D eigenvalue weighted by Crippen LogP contribution is -2.23. The lowest BCUT2D eigenvalue weighted by molar-refractivity contribution is 0.0950. The fraction of sp³-hybridized carbons (Fsp3) is 0.100. The summed E-state index contributed by atoms with van der Waals surface area (Å²) in [4.78, 5) is 16.6. The van der Waals surface area contributed by atoms with Crippen molar-refractivity contribution in [3.8, 4) is 16.9 Å². The molecule has 1 amide bonds. The maximum absolute atomic E-state index is 12.4. The molecule has 0 spiro atoms. The number of nitrogens with zero attached hydrogens (tertiary/aromatic N) is 1. The van der Waals surface area contributed by atoms with Crippen molar-refractivity contribution in [1.82, 2.24) is 10.3 Å². The lowest BCUT2D eigenvalue weighted by Gasteiger charge is -2.10. The molecule has 1 heterocycles. The van der Waals surface area contributed by atoms with Gasteiger partial charge in [-0.1, -0.05) is 48.5 Å². The highest BCUT2D eigenvalue weighted by molar-refractivity contribution is 5.95. The van der Waals surface area contributed by atoms with Crippen molar-refractivity contribution in [2.24, 2.45) is 0 Å². The molecule has 1 N–H and O–H groups in total. The Bertz CT molecular complexity index is 832. The SMILES string of the molecule is COc1ccccc1CNC(=O)c1cncc(-c2ccccc2)c1. The molecule has 0 aliphatic carbocycles. The second-order valence-corrected chi connectivity index (χ2v) is 5.32. The number of amides is 1. The van der Waals surface area contributed by atoms with Crippen LogP contribution in [0.4, 0.5) is 0 Å². The number of ether oxygens (including phenoxy) is 1. The first-order valence-electron chi connectivity index (χ1n) is 7.68. The number of benzene rings is 2. The molecule has 24 heavy (non-hydrogen) atoms. The van der Waals surface area contributed by atoms with E-state index in [0.717, 1.165) is 22.4 Å². The van der Waals surface area contributed by atoms with Gasteiger partial charge in [0.2, 0.25) is 0 Å². The van der Waals surface area contributed by atoms with Crippen LogP contribution in [0, 0.1) is 0 Å². The van der Waals surface area contributed by atoms with E-state index in [9.17, 15) is 4.79 Å². The van der Waals surface area contributed by atoms with Gasteiger partial charge in [0.1, 0.15) is 5.75 Å². The molecule has 0 saturated heterocycles. The summed E-state index contributed by atoms with van der Waals surface area (Å²) in [5.41, 5.74) is 3.41. The zero-order valence-corrected chi connectivity index (χ0v) is 13.4. The molecule has 0 saturated carbocycles. The highest BCUT2D eigenvalue weighted by Gasteiger charge is 2.09. The molecule has 3 aromatic rings. The maximum atomic E-state index is 12.4.